The predicted octanol–water partition coefficient (Wildman–Crippen LogP) is 4.78. The van der Waals surface area contributed by atoms with E-state index in [-0.39, 0.29) is 5.91 Å². The zero-order valence-corrected chi connectivity index (χ0v) is 17.0. The number of benzene rings is 2. The third-order valence-corrected chi connectivity index (χ3v) is 4.95. The number of rotatable bonds is 7. The van der Waals surface area contributed by atoms with Crippen LogP contribution in [0.3, 0.4) is 0 Å². The number of nitrogens with one attached hydrogen (secondary N) is 1. The van der Waals surface area contributed by atoms with E-state index in [1.54, 1.807) is 13.2 Å². The van der Waals surface area contributed by atoms with E-state index in [4.69, 9.17) is 9.15 Å². The van der Waals surface area contributed by atoms with Crippen LogP contribution in [0.15, 0.2) is 52.9 Å². The third kappa shape index (κ3) is 4.63. The molecule has 0 unspecified atom stereocenters. The van der Waals surface area contributed by atoms with Crippen LogP contribution in [0.5, 0.6) is 5.75 Å². The lowest BCUT2D eigenvalue weighted by molar-refractivity contribution is 0.0925. The number of hydrogen-bond donors (Lipinski definition) is 1. The summed E-state index contributed by atoms with van der Waals surface area (Å²) in [5, 5.41) is 2.92. The van der Waals surface area contributed by atoms with Gasteiger partial charge in [-0.05, 0) is 67.6 Å². The van der Waals surface area contributed by atoms with Gasteiger partial charge in [0.1, 0.15) is 11.5 Å². The zero-order chi connectivity index (χ0) is 20.1. The molecule has 1 aromatic heterocycles. The van der Waals surface area contributed by atoms with E-state index in [2.05, 4.69) is 38.2 Å². The molecule has 0 aliphatic rings. The van der Waals surface area contributed by atoms with Crippen LogP contribution in [-0.2, 0) is 12.8 Å². The summed E-state index contributed by atoms with van der Waals surface area (Å²) in [7, 11) is 1.65. The third-order valence-electron chi connectivity index (χ3n) is 4.95. The highest BCUT2D eigenvalue weighted by Crippen LogP contribution is 2.21. The van der Waals surface area contributed by atoms with Gasteiger partial charge in [0.15, 0.2) is 5.76 Å². The molecule has 1 amide bonds. The van der Waals surface area contributed by atoms with E-state index in [9.17, 15) is 4.79 Å². The fourth-order valence-electron chi connectivity index (χ4n) is 3.57. The van der Waals surface area contributed by atoms with Gasteiger partial charge >= 0.3 is 0 Å². The van der Waals surface area contributed by atoms with Crippen molar-refractivity contribution in [2.24, 2.45) is 0 Å². The number of hydrogen-bond acceptors (Lipinski definition) is 3. The maximum absolute atomic E-state index is 12.4. The highest BCUT2D eigenvalue weighted by atomic mass is 16.5. The number of carbonyl (C=O) groups excluding carboxylic acids is 1. The predicted molar refractivity (Wildman–Crippen MR) is 111 cm³/mol. The van der Waals surface area contributed by atoms with Crippen molar-refractivity contribution in [3.05, 3.63) is 87.9 Å². The molecule has 2 aromatic carbocycles. The van der Waals surface area contributed by atoms with Gasteiger partial charge in [-0.25, -0.2) is 0 Å². The van der Waals surface area contributed by atoms with E-state index in [1.165, 1.54) is 22.3 Å². The molecule has 1 N–H and O–H groups in total. The normalized spacial score (nSPS) is 10.7. The van der Waals surface area contributed by atoms with Gasteiger partial charge in [0.05, 0.1) is 7.11 Å². The fourth-order valence-corrected chi connectivity index (χ4v) is 3.57. The van der Waals surface area contributed by atoms with E-state index < -0.39 is 0 Å². The van der Waals surface area contributed by atoms with Gasteiger partial charge in [0, 0.05) is 13.0 Å². The molecule has 4 heteroatoms. The Morgan fingerprint density at radius 1 is 1.04 bits per heavy atom. The zero-order valence-electron chi connectivity index (χ0n) is 17.0. The van der Waals surface area contributed by atoms with Crippen molar-refractivity contribution in [1.29, 1.82) is 0 Å². The molecular formula is C24H27NO3. The molecule has 0 radical (unpaired) electrons. The minimum Gasteiger partial charge on any atom is -0.496 e. The van der Waals surface area contributed by atoms with Crippen LogP contribution >= 0.6 is 0 Å². The first-order valence-corrected chi connectivity index (χ1v) is 9.53. The van der Waals surface area contributed by atoms with Crippen molar-refractivity contribution >= 4 is 5.91 Å². The quantitative estimate of drug-likeness (QED) is 0.645. The second-order valence-electron chi connectivity index (χ2n) is 7.14. The Morgan fingerprint density at radius 2 is 1.75 bits per heavy atom. The van der Waals surface area contributed by atoms with Crippen molar-refractivity contribution in [2.45, 2.75) is 33.6 Å². The summed E-state index contributed by atoms with van der Waals surface area (Å²) in [6, 6.07) is 15.8. The molecule has 3 rings (SSSR count). The van der Waals surface area contributed by atoms with Crippen LogP contribution in [-0.4, -0.2) is 19.6 Å². The second kappa shape index (κ2) is 8.79. The lowest BCUT2D eigenvalue weighted by Crippen LogP contribution is -2.25. The number of furan rings is 1. The van der Waals surface area contributed by atoms with Gasteiger partial charge < -0.3 is 14.5 Å². The summed E-state index contributed by atoms with van der Waals surface area (Å²) < 4.78 is 11.1. The summed E-state index contributed by atoms with van der Waals surface area (Å²) in [5.41, 5.74) is 6.07. The molecule has 28 heavy (non-hydrogen) atoms. The molecule has 0 fully saturated rings. The van der Waals surface area contributed by atoms with Gasteiger partial charge in [-0.2, -0.15) is 0 Å². The minimum atomic E-state index is -0.196. The Morgan fingerprint density at radius 3 is 2.46 bits per heavy atom. The Balaban J connectivity index is 1.60. The molecule has 0 atom stereocenters. The molecular weight excluding hydrogens is 350 g/mol. The Labute approximate surface area is 166 Å². The molecule has 0 spiro atoms. The monoisotopic (exact) mass is 377 g/mol. The number of aryl methyl sites for hydroxylation is 3. The van der Waals surface area contributed by atoms with Gasteiger partial charge in [-0.15, -0.1) is 0 Å². The lowest BCUT2D eigenvalue weighted by Gasteiger charge is -2.10. The van der Waals surface area contributed by atoms with E-state index in [1.807, 2.05) is 30.3 Å². The lowest BCUT2D eigenvalue weighted by atomic mass is 9.97. The Kier molecular flexibility index (Phi) is 6.19. The largest absolute Gasteiger partial charge is 0.496 e. The van der Waals surface area contributed by atoms with Crippen LogP contribution in [0, 0.1) is 20.8 Å². The van der Waals surface area contributed by atoms with Crippen molar-refractivity contribution in [3.8, 4) is 5.75 Å². The smallest absolute Gasteiger partial charge is 0.287 e. The first-order valence-electron chi connectivity index (χ1n) is 9.53. The van der Waals surface area contributed by atoms with Gasteiger partial charge in [0.25, 0.3) is 5.91 Å². The van der Waals surface area contributed by atoms with Crippen LogP contribution < -0.4 is 10.1 Å². The summed E-state index contributed by atoms with van der Waals surface area (Å²) >= 11 is 0. The summed E-state index contributed by atoms with van der Waals surface area (Å²) in [6.45, 7) is 6.85. The average Bonchev–Trinajstić information content (AvgIpc) is 3.14. The van der Waals surface area contributed by atoms with Gasteiger partial charge in [-0.3, -0.25) is 4.79 Å². The van der Waals surface area contributed by atoms with Crippen molar-refractivity contribution in [1.82, 2.24) is 5.32 Å². The van der Waals surface area contributed by atoms with Crippen molar-refractivity contribution in [2.75, 3.05) is 13.7 Å². The standard InChI is InChI=1S/C24H27NO3/c1-16-13-17(2)21(18(3)14-16)15-20-9-10-23(28-20)24(26)25-12-11-19-7-5-6-8-22(19)27-4/h5-10,13-14H,11-12,15H2,1-4H3,(H,25,26). The van der Waals surface area contributed by atoms with Crippen molar-refractivity contribution in [3.63, 3.8) is 0 Å². The first-order chi connectivity index (χ1) is 13.5. The van der Waals surface area contributed by atoms with Crippen molar-refractivity contribution < 1.29 is 13.9 Å². The van der Waals surface area contributed by atoms with Crippen LogP contribution in [0.25, 0.3) is 0 Å². The van der Waals surface area contributed by atoms with Crippen LogP contribution in [0.2, 0.25) is 0 Å². The van der Waals surface area contributed by atoms with E-state index >= 15 is 0 Å². The second-order valence-corrected chi connectivity index (χ2v) is 7.14. The minimum absolute atomic E-state index is 0.196. The summed E-state index contributed by atoms with van der Waals surface area (Å²) in [6.07, 6.45) is 1.39. The SMILES string of the molecule is COc1ccccc1CCNC(=O)c1ccc(Cc2c(C)cc(C)cc2C)o1. The van der Waals surface area contributed by atoms with Gasteiger partial charge in [-0.1, -0.05) is 35.9 Å². The number of methoxy groups -OCH3 is 1. The number of carbonyl (C=O) groups is 1. The van der Waals surface area contributed by atoms with Crippen LogP contribution in [0.4, 0.5) is 0 Å². The fraction of sp³-hybridized carbons (Fsp3) is 0.292. The maximum atomic E-state index is 12.4. The molecule has 4 nitrogen and oxygen atoms in total. The number of amides is 1. The molecule has 0 aliphatic carbocycles. The Hall–Kier alpha value is -3.01. The molecule has 0 aliphatic heterocycles. The molecule has 146 valence electrons. The topological polar surface area (TPSA) is 51.5 Å². The maximum Gasteiger partial charge on any atom is 0.287 e. The average molecular weight is 377 g/mol. The number of para-hydroxylation sites is 1. The van der Waals surface area contributed by atoms with E-state index in [0.29, 0.717) is 25.1 Å². The highest BCUT2D eigenvalue weighted by molar-refractivity contribution is 5.91. The molecule has 3 aromatic rings. The first kappa shape index (κ1) is 19.7. The molecule has 0 saturated heterocycles. The van der Waals surface area contributed by atoms with E-state index in [0.717, 1.165) is 17.1 Å². The molecule has 0 saturated carbocycles. The summed E-state index contributed by atoms with van der Waals surface area (Å²) in [5.74, 6) is 1.78. The number of ether oxygens (including phenoxy) is 1. The van der Waals surface area contributed by atoms with Gasteiger partial charge in [0.2, 0.25) is 0 Å². The highest BCUT2D eigenvalue weighted by Gasteiger charge is 2.13. The molecule has 1 heterocycles. The summed E-state index contributed by atoms with van der Waals surface area (Å²) in [4.78, 5) is 12.4. The van der Waals surface area contributed by atoms with Crippen LogP contribution in [0.1, 0.15) is 44.1 Å². The Bertz CT molecular complexity index is 948. The molecule has 0 bridgehead atoms.